The van der Waals surface area contributed by atoms with E-state index in [1.54, 1.807) is 25.7 Å². The molecular formula is C14H17BrClN3O3S. The fraction of sp³-hybridized carbons (Fsp3) is 0.286. The fourth-order valence-corrected chi connectivity index (χ4v) is 2.92. The summed E-state index contributed by atoms with van der Waals surface area (Å²) in [6.45, 7) is 0.675. The van der Waals surface area contributed by atoms with Gasteiger partial charge in [0.25, 0.3) is 5.91 Å². The molecule has 2 aromatic rings. The predicted octanol–water partition coefficient (Wildman–Crippen LogP) is 2.73. The topological polar surface area (TPSA) is 86.5 Å². The Balaban J connectivity index is 0.00000264. The van der Waals surface area contributed by atoms with Crippen LogP contribution < -0.4 is 20.5 Å². The third-order valence-corrected chi connectivity index (χ3v) is 4.56. The first-order valence-corrected chi connectivity index (χ1v) is 8.09. The predicted molar refractivity (Wildman–Crippen MR) is 95.7 cm³/mol. The second-order valence-corrected chi connectivity index (χ2v) is 6.11. The zero-order valence-corrected chi connectivity index (χ0v) is 15.8. The SMILES string of the molecule is COc1cc(Br)c(CNC(=O)c2csc(CN)n2)cc1OC.Cl. The van der Waals surface area contributed by atoms with Crippen LogP contribution in [0.3, 0.4) is 0 Å². The van der Waals surface area contributed by atoms with Gasteiger partial charge in [-0.1, -0.05) is 15.9 Å². The first kappa shape index (κ1) is 19.7. The van der Waals surface area contributed by atoms with Gasteiger partial charge in [-0.2, -0.15) is 0 Å². The van der Waals surface area contributed by atoms with Gasteiger partial charge in [-0.3, -0.25) is 4.79 Å². The number of nitrogens with two attached hydrogens (primary N) is 1. The van der Waals surface area contributed by atoms with E-state index in [-0.39, 0.29) is 18.3 Å². The largest absolute Gasteiger partial charge is 0.493 e. The van der Waals surface area contributed by atoms with Crippen molar-refractivity contribution in [2.45, 2.75) is 13.1 Å². The molecule has 0 spiro atoms. The number of ether oxygens (including phenoxy) is 2. The molecule has 0 aliphatic carbocycles. The third-order valence-electron chi connectivity index (χ3n) is 2.95. The van der Waals surface area contributed by atoms with Gasteiger partial charge in [-0.05, 0) is 17.7 Å². The number of nitrogens with one attached hydrogen (secondary N) is 1. The molecular weight excluding hydrogens is 406 g/mol. The minimum atomic E-state index is -0.238. The molecule has 0 radical (unpaired) electrons. The van der Waals surface area contributed by atoms with E-state index < -0.39 is 0 Å². The second-order valence-electron chi connectivity index (χ2n) is 4.31. The summed E-state index contributed by atoms with van der Waals surface area (Å²) in [6.07, 6.45) is 0. The van der Waals surface area contributed by atoms with Gasteiger partial charge in [0.2, 0.25) is 0 Å². The van der Waals surface area contributed by atoms with Crippen LogP contribution in [-0.4, -0.2) is 25.1 Å². The zero-order valence-electron chi connectivity index (χ0n) is 12.6. The Kier molecular flexibility index (Phi) is 7.77. The van der Waals surface area contributed by atoms with Crippen LogP contribution in [-0.2, 0) is 13.1 Å². The number of amides is 1. The maximum Gasteiger partial charge on any atom is 0.271 e. The number of carbonyl (C=O) groups is 1. The van der Waals surface area contributed by atoms with Crippen LogP contribution in [0.25, 0.3) is 0 Å². The first-order chi connectivity index (χ1) is 10.6. The van der Waals surface area contributed by atoms with Crippen molar-refractivity contribution >= 4 is 45.6 Å². The molecule has 0 saturated heterocycles. The lowest BCUT2D eigenvalue weighted by Gasteiger charge is -2.12. The molecule has 0 aliphatic rings. The lowest BCUT2D eigenvalue weighted by Crippen LogP contribution is -2.23. The number of hydrogen-bond donors (Lipinski definition) is 2. The Hall–Kier alpha value is -1.35. The number of rotatable bonds is 6. The van der Waals surface area contributed by atoms with Crippen LogP contribution in [0.4, 0.5) is 0 Å². The highest BCUT2D eigenvalue weighted by molar-refractivity contribution is 9.10. The van der Waals surface area contributed by atoms with Gasteiger partial charge < -0.3 is 20.5 Å². The normalized spacial score (nSPS) is 9.91. The summed E-state index contributed by atoms with van der Waals surface area (Å²) in [4.78, 5) is 16.2. The Labute approximate surface area is 152 Å². The molecule has 1 heterocycles. The van der Waals surface area contributed by atoms with Crippen molar-refractivity contribution in [3.8, 4) is 11.5 Å². The second kappa shape index (κ2) is 9.07. The van der Waals surface area contributed by atoms with Crippen molar-refractivity contribution in [2.24, 2.45) is 5.73 Å². The molecule has 3 N–H and O–H groups in total. The number of thiazole rings is 1. The molecule has 0 bridgehead atoms. The third kappa shape index (κ3) is 4.81. The number of hydrogen-bond acceptors (Lipinski definition) is 6. The fourth-order valence-electron chi connectivity index (χ4n) is 1.81. The van der Waals surface area contributed by atoms with Crippen molar-refractivity contribution in [1.82, 2.24) is 10.3 Å². The first-order valence-electron chi connectivity index (χ1n) is 6.42. The summed E-state index contributed by atoms with van der Waals surface area (Å²) in [5.74, 6) is 0.989. The van der Waals surface area contributed by atoms with Crippen LogP contribution in [0.1, 0.15) is 21.1 Å². The number of aromatic nitrogens is 1. The Morgan fingerprint density at radius 1 is 1.35 bits per heavy atom. The van der Waals surface area contributed by atoms with Gasteiger partial charge >= 0.3 is 0 Å². The summed E-state index contributed by atoms with van der Waals surface area (Å²) < 4.78 is 11.3. The average molecular weight is 423 g/mol. The minimum Gasteiger partial charge on any atom is -0.493 e. The number of carbonyl (C=O) groups excluding carboxylic acids is 1. The van der Waals surface area contributed by atoms with E-state index in [2.05, 4.69) is 26.2 Å². The smallest absolute Gasteiger partial charge is 0.271 e. The van der Waals surface area contributed by atoms with E-state index >= 15 is 0 Å². The standard InChI is InChI=1S/C14H16BrN3O3S.ClH/c1-20-11-3-8(9(15)4-12(11)21-2)6-17-14(19)10-7-22-13(5-16)18-10;/h3-4,7H,5-6,16H2,1-2H3,(H,17,19);1H. The van der Waals surface area contributed by atoms with E-state index in [0.29, 0.717) is 30.3 Å². The molecule has 2 rings (SSSR count). The Morgan fingerprint density at radius 3 is 2.57 bits per heavy atom. The molecule has 126 valence electrons. The van der Waals surface area contributed by atoms with Crippen LogP contribution in [0.5, 0.6) is 11.5 Å². The molecule has 0 saturated carbocycles. The molecule has 23 heavy (non-hydrogen) atoms. The molecule has 6 nitrogen and oxygen atoms in total. The van der Waals surface area contributed by atoms with Crippen LogP contribution in [0.15, 0.2) is 22.0 Å². The maximum atomic E-state index is 12.1. The van der Waals surface area contributed by atoms with Gasteiger partial charge in [0.1, 0.15) is 10.7 Å². The van der Waals surface area contributed by atoms with Crippen LogP contribution in [0, 0.1) is 0 Å². The Bertz CT molecular complexity index is 681. The summed E-state index contributed by atoms with van der Waals surface area (Å²) >= 11 is 4.83. The van der Waals surface area contributed by atoms with Crippen molar-refractivity contribution in [3.05, 3.63) is 38.3 Å². The lowest BCUT2D eigenvalue weighted by atomic mass is 10.2. The van der Waals surface area contributed by atoms with Gasteiger partial charge in [-0.25, -0.2) is 4.98 Å². The van der Waals surface area contributed by atoms with Gasteiger partial charge in [0.05, 0.1) is 14.2 Å². The van der Waals surface area contributed by atoms with E-state index in [0.717, 1.165) is 15.0 Å². The number of methoxy groups -OCH3 is 2. The van der Waals surface area contributed by atoms with E-state index in [1.807, 2.05) is 6.07 Å². The molecule has 1 amide bonds. The molecule has 0 atom stereocenters. The van der Waals surface area contributed by atoms with Gasteiger partial charge in [0.15, 0.2) is 11.5 Å². The summed E-state index contributed by atoms with van der Waals surface area (Å²) in [5, 5.41) is 5.25. The summed E-state index contributed by atoms with van der Waals surface area (Å²) in [5.41, 5.74) is 6.74. The van der Waals surface area contributed by atoms with Crippen molar-refractivity contribution < 1.29 is 14.3 Å². The molecule has 0 unspecified atom stereocenters. The molecule has 0 aliphatic heterocycles. The minimum absolute atomic E-state index is 0. The number of benzene rings is 1. The maximum absolute atomic E-state index is 12.1. The van der Waals surface area contributed by atoms with E-state index in [9.17, 15) is 4.79 Å². The van der Waals surface area contributed by atoms with Gasteiger partial charge in [-0.15, -0.1) is 23.7 Å². The molecule has 9 heteroatoms. The van der Waals surface area contributed by atoms with E-state index in [4.69, 9.17) is 15.2 Å². The molecule has 0 fully saturated rings. The van der Waals surface area contributed by atoms with Gasteiger partial charge in [0, 0.05) is 22.9 Å². The number of halogens is 2. The highest BCUT2D eigenvalue weighted by Crippen LogP contribution is 2.33. The quantitative estimate of drug-likeness (QED) is 0.747. The zero-order chi connectivity index (χ0) is 16.1. The average Bonchev–Trinajstić information content (AvgIpc) is 3.02. The summed E-state index contributed by atoms with van der Waals surface area (Å²) in [6, 6.07) is 3.62. The lowest BCUT2D eigenvalue weighted by molar-refractivity contribution is 0.0946. The highest BCUT2D eigenvalue weighted by atomic mass is 79.9. The summed E-state index contributed by atoms with van der Waals surface area (Å²) in [7, 11) is 3.14. The van der Waals surface area contributed by atoms with Crippen molar-refractivity contribution in [1.29, 1.82) is 0 Å². The monoisotopic (exact) mass is 421 g/mol. The number of nitrogens with zero attached hydrogens (tertiary/aromatic N) is 1. The molecule has 1 aromatic heterocycles. The molecule has 1 aromatic carbocycles. The van der Waals surface area contributed by atoms with E-state index in [1.165, 1.54) is 11.3 Å². The van der Waals surface area contributed by atoms with Crippen LogP contribution >= 0.6 is 39.7 Å². The van der Waals surface area contributed by atoms with Crippen molar-refractivity contribution in [2.75, 3.05) is 14.2 Å². The Morgan fingerprint density at radius 2 is 2.00 bits per heavy atom. The highest BCUT2D eigenvalue weighted by Gasteiger charge is 2.13. The van der Waals surface area contributed by atoms with Crippen molar-refractivity contribution in [3.63, 3.8) is 0 Å². The van der Waals surface area contributed by atoms with Crippen LogP contribution in [0.2, 0.25) is 0 Å².